The van der Waals surface area contributed by atoms with Gasteiger partial charge in [-0.15, -0.1) is 0 Å². The zero-order valence-corrected chi connectivity index (χ0v) is 8.04. The quantitative estimate of drug-likeness (QED) is 0.566. The van der Waals surface area contributed by atoms with Gasteiger partial charge in [0.2, 0.25) is 0 Å². The predicted molar refractivity (Wildman–Crippen MR) is 49.1 cm³/mol. The molecule has 1 unspecified atom stereocenters. The van der Waals surface area contributed by atoms with Crippen LogP contribution in [-0.2, 0) is 9.59 Å². The number of Topliss-reactive ketones (excluding diaryl/α,β-unsaturated/α-hetero) is 1. The first-order chi connectivity index (χ1) is 6.04. The third-order valence-corrected chi connectivity index (χ3v) is 3.73. The van der Waals surface area contributed by atoms with Gasteiger partial charge in [0.15, 0.2) is 5.78 Å². The van der Waals surface area contributed by atoms with Crippen molar-refractivity contribution in [1.82, 2.24) is 0 Å². The Morgan fingerprint density at radius 1 is 1.38 bits per heavy atom. The number of fused-ring (bicyclic) bond motifs is 1. The summed E-state index contributed by atoms with van der Waals surface area (Å²) in [4.78, 5) is 22.8. The molecule has 0 aromatic heterocycles. The number of rotatable bonds is 0. The Hall–Kier alpha value is -0.920. The Bertz CT molecular complexity index is 303. The van der Waals surface area contributed by atoms with Gasteiger partial charge in [-0.1, -0.05) is 19.9 Å². The predicted octanol–water partition coefficient (Wildman–Crippen LogP) is 1.75. The van der Waals surface area contributed by atoms with Gasteiger partial charge in [-0.2, -0.15) is 0 Å². The van der Waals surface area contributed by atoms with E-state index in [1.165, 1.54) is 0 Å². The smallest absolute Gasteiger partial charge is 0.159 e. The second-order valence-electron chi connectivity index (χ2n) is 4.50. The summed E-state index contributed by atoms with van der Waals surface area (Å²) in [7, 11) is 0. The molecule has 2 rings (SSSR count). The molecule has 13 heavy (non-hydrogen) atoms. The number of hydrogen-bond acceptors (Lipinski definition) is 2. The fraction of sp³-hybridized carbons (Fsp3) is 0.636. The van der Waals surface area contributed by atoms with Crippen LogP contribution in [0.2, 0.25) is 0 Å². The van der Waals surface area contributed by atoms with E-state index in [4.69, 9.17) is 0 Å². The van der Waals surface area contributed by atoms with E-state index in [9.17, 15) is 9.59 Å². The minimum atomic E-state index is -0.0660. The highest BCUT2D eigenvalue weighted by Gasteiger charge is 2.48. The summed E-state index contributed by atoms with van der Waals surface area (Å²) in [5.41, 5.74) is -0.0506. The van der Waals surface area contributed by atoms with E-state index < -0.39 is 0 Å². The monoisotopic (exact) mass is 178 g/mol. The molecule has 0 aliphatic heterocycles. The zero-order valence-electron chi connectivity index (χ0n) is 8.04. The maximum Gasteiger partial charge on any atom is 0.159 e. The Labute approximate surface area is 78.0 Å². The summed E-state index contributed by atoms with van der Waals surface area (Å²) in [5.74, 6) is 0.625. The molecule has 0 N–H and O–H groups in total. The number of hydrogen-bond donors (Lipinski definition) is 0. The molecule has 3 atom stereocenters. The summed E-state index contributed by atoms with van der Waals surface area (Å²) in [6.07, 6.45) is 4.73. The van der Waals surface area contributed by atoms with Crippen LogP contribution in [0, 0.1) is 17.3 Å². The SMILES string of the molecule is C[C@@H]1CC(=O)CC2C(=O)C=C[C@]21C. The van der Waals surface area contributed by atoms with Crippen molar-refractivity contribution >= 4 is 11.6 Å². The Kier molecular flexibility index (Phi) is 1.69. The van der Waals surface area contributed by atoms with Crippen molar-refractivity contribution in [3.63, 3.8) is 0 Å². The lowest BCUT2D eigenvalue weighted by atomic mass is 9.63. The molecule has 0 radical (unpaired) electrons. The van der Waals surface area contributed by atoms with E-state index in [2.05, 4.69) is 13.8 Å². The molecule has 2 heteroatoms. The zero-order chi connectivity index (χ0) is 9.64. The van der Waals surface area contributed by atoms with Gasteiger partial charge >= 0.3 is 0 Å². The van der Waals surface area contributed by atoms with Crippen molar-refractivity contribution in [2.75, 3.05) is 0 Å². The lowest BCUT2D eigenvalue weighted by molar-refractivity contribution is -0.132. The lowest BCUT2D eigenvalue weighted by Crippen LogP contribution is -2.39. The second-order valence-corrected chi connectivity index (χ2v) is 4.50. The molecule has 0 spiro atoms. The van der Waals surface area contributed by atoms with Crippen LogP contribution >= 0.6 is 0 Å². The third-order valence-electron chi connectivity index (χ3n) is 3.73. The van der Waals surface area contributed by atoms with Gasteiger partial charge in [0.1, 0.15) is 5.78 Å². The summed E-state index contributed by atoms with van der Waals surface area (Å²) in [6.45, 7) is 4.16. The van der Waals surface area contributed by atoms with E-state index in [1.54, 1.807) is 6.08 Å². The van der Waals surface area contributed by atoms with E-state index in [0.29, 0.717) is 18.8 Å². The van der Waals surface area contributed by atoms with Crippen LogP contribution in [0.4, 0.5) is 0 Å². The normalized spacial score (nSPS) is 43.8. The van der Waals surface area contributed by atoms with Gasteiger partial charge in [-0.05, 0) is 17.4 Å². The van der Waals surface area contributed by atoms with E-state index in [0.717, 1.165) is 0 Å². The fourth-order valence-electron chi connectivity index (χ4n) is 2.50. The fourth-order valence-corrected chi connectivity index (χ4v) is 2.50. The van der Waals surface area contributed by atoms with Gasteiger partial charge in [0, 0.05) is 18.8 Å². The summed E-state index contributed by atoms with van der Waals surface area (Å²) >= 11 is 0. The molecule has 70 valence electrons. The van der Waals surface area contributed by atoms with Crippen LogP contribution in [0.5, 0.6) is 0 Å². The summed E-state index contributed by atoms with van der Waals surface area (Å²) in [6, 6.07) is 0. The average molecular weight is 178 g/mol. The van der Waals surface area contributed by atoms with Crippen molar-refractivity contribution < 1.29 is 9.59 Å². The molecule has 0 aromatic carbocycles. The molecule has 0 saturated heterocycles. The van der Waals surface area contributed by atoms with Gasteiger partial charge in [-0.3, -0.25) is 9.59 Å². The van der Waals surface area contributed by atoms with Crippen LogP contribution in [0.3, 0.4) is 0 Å². The molecule has 1 fully saturated rings. The minimum absolute atomic E-state index is 0.0506. The molecule has 0 bridgehead atoms. The maximum absolute atomic E-state index is 11.5. The molecular formula is C11H14O2. The van der Waals surface area contributed by atoms with Crippen LogP contribution in [0.1, 0.15) is 26.7 Å². The first kappa shape index (κ1) is 8.67. The van der Waals surface area contributed by atoms with Gasteiger partial charge in [0.25, 0.3) is 0 Å². The summed E-state index contributed by atoms with van der Waals surface area (Å²) < 4.78 is 0. The maximum atomic E-state index is 11.5. The van der Waals surface area contributed by atoms with Crippen molar-refractivity contribution in [2.24, 2.45) is 17.3 Å². The number of carbonyl (C=O) groups excluding carboxylic acids is 2. The Balaban J connectivity index is 2.36. The summed E-state index contributed by atoms with van der Waals surface area (Å²) in [5, 5.41) is 0. The van der Waals surface area contributed by atoms with Crippen molar-refractivity contribution in [3.8, 4) is 0 Å². The van der Waals surface area contributed by atoms with Crippen LogP contribution in [0.15, 0.2) is 12.2 Å². The van der Waals surface area contributed by atoms with Gasteiger partial charge in [0.05, 0.1) is 0 Å². The average Bonchev–Trinajstić information content (AvgIpc) is 2.33. The Morgan fingerprint density at radius 2 is 2.08 bits per heavy atom. The number of allylic oxidation sites excluding steroid dienone is 2. The van der Waals surface area contributed by atoms with E-state index >= 15 is 0 Å². The van der Waals surface area contributed by atoms with Crippen molar-refractivity contribution in [1.29, 1.82) is 0 Å². The molecule has 1 saturated carbocycles. The molecular weight excluding hydrogens is 164 g/mol. The van der Waals surface area contributed by atoms with Crippen molar-refractivity contribution in [2.45, 2.75) is 26.7 Å². The van der Waals surface area contributed by atoms with Gasteiger partial charge in [-0.25, -0.2) is 0 Å². The lowest BCUT2D eigenvalue weighted by Gasteiger charge is -2.39. The minimum Gasteiger partial charge on any atom is -0.300 e. The molecule has 0 amide bonds. The largest absolute Gasteiger partial charge is 0.300 e. The van der Waals surface area contributed by atoms with Crippen LogP contribution in [-0.4, -0.2) is 11.6 Å². The molecule has 2 aliphatic rings. The Morgan fingerprint density at radius 3 is 2.77 bits per heavy atom. The van der Waals surface area contributed by atoms with Crippen LogP contribution < -0.4 is 0 Å². The standard InChI is InChI=1S/C11H14O2/c1-7-5-8(12)6-9-10(13)3-4-11(7,9)2/h3-4,7,9H,5-6H2,1-2H3/t7-,9?,11+/m1/s1. The third kappa shape index (κ3) is 1.08. The molecule has 2 nitrogen and oxygen atoms in total. The molecule has 0 heterocycles. The topological polar surface area (TPSA) is 34.1 Å². The van der Waals surface area contributed by atoms with E-state index in [1.807, 2.05) is 6.08 Å². The highest BCUT2D eigenvalue weighted by atomic mass is 16.1. The second kappa shape index (κ2) is 2.53. The highest BCUT2D eigenvalue weighted by Crippen LogP contribution is 2.48. The first-order valence-electron chi connectivity index (χ1n) is 4.79. The van der Waals surface area contributed by atoms with Crippen molar-refractivity contribution in [3.05, 3.63) is 12.2 Å². The van der Waals surface area contributed by atoms with E-state index in [-0.39, 0.29) is 22.9 Å². The number of ketones is 2. The van der Waals surface area contributed by atoms with Crippen LogP contribution in [0.25, 0.3) is 0 Å². The molecule has 2 aliphatic carbocycles. The number of carbonyl (C=O) groups is 2. The molecule has 0 aromatic rings. The first-order valence-corrected chi connectivity index (χ1v) is 4.79. The highest BCUT2D eigenvalue weighted by molar-refractivity contribution is 5.99. The van der Waals surface area contributed by atoms with Gasteiger partial charge < -0.3 is 0 Å².